The molecule has 5 nitrogen and oxygen atoms in total. The van der Waals surface area contributed by atoms with Crippen LogP contribution >= 0.6 is 11.8 Å². The van der Waals surface area contributed by atoms with E-state index in [0.29, 0.717) is 12.1 Å². The fourth-order valence-corrected chi connectivity index (χ4v) is 7.38. The minimum atomic E-state index is -5.06. The minimum absolute atomic E-state index is 0.00365. The van der Waals surface area contributed by atoms with E-state index in [1.807, 2.05) is 0 Å². The van der Waals surface area contributed by atoms with E-state index in [4.69, 9.17) is 0 Å². The van der Waals surface area contributed by atoms with Crippen LogP contribution in [0.1, 0.15) is 31.4 Å². The summed E-state index contributed by atoms with van der Waals surface area (Å²) in [5.74, 6) is -1.42. The summed E-state index contributed by atoms with van der Waals surface area (Å²) >= 11 is 0.882. The van der Waals surface area contributed by atoms with Crippen LogP contribution in [0, 0.1) is 5.92 Å². The number of alkyl halides is 6. The SMILES string of the molecule is CC(C)CC(=O)N=C1SC2CS(=O)(=O)CC2N1c1cc(C(F)(F)F)cc(C(F)(F)F)c1. The van der Waals surface area contributed by atoms with Crippen LogP contribution in [-0.4, -0.2) is 42.3 Å². The Morgan fingerprint density at radius 1 is 1.10 bits per heavy atom. The van der Waals surface area contributed by atoms with E-state index < -0.39 is 62.0 Å². The summed E-state index contributed by atoms with van der Waals surface area (Å²) in [6.45, 7) is 3.50. The Labute approximate surface area is 178 Å². The fraction of sp³-hybridized carbons (Fsp3) is 0.556. The standard InChI is InChI=1S/C18H18F6N2O3S2/c1-9(2)3-15(27)25-16-26(13-7-31(28,29)8-14(13)30-16)12-5-10(17(19,20)21)4-11(6-12)18(22,23)24/h4-6,9,13-14H,3,7-8H2,1-2H3. The van der Waals surface area contributed by atoms with Gasteiger partial charge in [0.25, 0.3) is 0 Å². The predicted molar refractivity (Wildman–Crippen MR) is 105 cm³/mol. The van der Waals surface area contributed by atoms with Crippen LogP contribution in [0.3, 0.4) is 0 Å². The number of nitrogens with zero attached hydrogens (tertiary/aromatic N) is 2. The first kappa shape index (κ1) is 23.9. The van der Waals surface area contributed by atoms with Crippen LogP contribution in [0.15, 0.2) is 23.2 Å². The number of fused-ring (bicyclic) bond motifs is 1. The molecule has 31 heavy (non-hydrogen) atoms. The summed E-state index contributed by atoms with van der Waals surface area (Å²) in [4.78, 5) is 17.1. The van der Waals surface area contributed by atoms with Crippen LogP contribution in [-0.2, 0) is 27.0 Å². The lowest BCUT2D eigenvalue weighted by molar-refractivity contribution is -0.143. The number of aliphatic imine (C=N–C) groups is 1. The molecule has 172 valence electrons. The molecule has 0 aromatic heterocycles. The molecule has 1 aromatic carbocycles. The van der Waals surface area contributed by atoms with Crippen LogP contribution in [0.2, 0.25) is 0 Å². The molecule has 1 amide bonds. The monoisotopic (exact) mass is 488 g/mol. The van der Waals surface area contributed by atoms with Crippen molar-refractivity contribution in [3.8, 4) is 0 Å². The highest BCUT2D eigenvalue weighted by atomic mass is 32.2. The third kappa shape index (κ3) is 5.36. The van der Waals surface area contributed by atoms with E-state index >= 15 is 0 Å². The van der Waals surface area contributed by atoms with Crippen LogP contribution in [0.4, 0.5) is 32.0 Å². The van der Waals surface area contributed by atoms with Crippen molar-refractivity contribution < 1.29 is 39.6 Å². The molecular formula is C18H18F6N2O3S2. The summed E-state index contributed by atoms with van der Waals surface area (Å²) in [6, 6.07) is 0.109. The van der Waals surface area contributed by atoms with Gasteiger partial charge in [-0.3, -0.25) is 4.79 Å². The number of benzene rings is 1. The number of hydrogen-bond acceptors (Lipinski definition) is 4. The zero-order chi connectivity index (χ0) is 23.4. The van der Waals surface area contributed by atoms with Crippen molar-refractivity contribution in [2.24, 2.45) is 10.9 Å². The maximum atomic E-state index is 13.3. The van der Waals surface area contributed by atoms with Gasteiger partial charge in [0.15, 0.2) is 15.0 Å². The highest BCUT2D eigenvalue weighted by molar-refractivity contribution is 8.16. The molecule has 2 fully saturated rings. The molecule has 1 aromatic rings. The number of halogens is 6. The van der Waals surface area contributed by atoms with E-state index in [0.717, 1.165) is 16.7 Å². The summed E-state index contributed by atoms with van der Waals surface area (Å²) in [5.41, 5.74) is -3.56. The van der Waals surface area contributed by atoms with Gasteiger partial charge in [-0.15, -0.1) is 0 Å². The molecule has 3 rings (SSSR count). The van der Waals surface area contributed by atoms with E-state index in [1.54, 1.807) is 13.8 Å². The maximum absolute atomic E-state index is 13.3. The molecule has 2 unspecified atom stereocenters. The Bertz CT molecular complexity index is 986. The van der Waals surface area contributed by atoms with Crippen molar-refractivity contribution in [1.29, 1.82) is 0 Å². The Morgan fingerprint density at radius 2 is 1.65 bits per heavy atom. The van der Waals surface area contributed by atoms with Gasteiger partial charge in [-0.25, -0.2) is 8.42 Å². The molecule has 0 radical (unpaired) electrons. The number of thioether (sulfide) groups is 1. The normalized spacial score (nSPS) is 24.8. The summed E-state index contributed by atoms with van der Waals surface area (Å²) in [5, 5.41) is -0.748. The third-order valence-corrected chi connectivity index (χ3v) is 7.93. The van der Waals surface area contributed by atoms with E-state index in [9.17, 15) is 39.6 Å². The van der Waals surface area contributed by atoms with Crippen LogP contribution < -0.4 is 4.90 Å². The number of amides is 1. The van der Waals surface area contributed by atoms with Crippen LogP contribution in [0.5, 0.6) is 0 Å². The Balaban J connectivity index is 2.15. The van der Waals surface area contributed by atoms with Crippen LogP contribution in [0.25, 0.3) is 0 Å². The van der Waals surface area contributed by atoms with Crippen molar-refractivity contribution in [3.63, 3.8) is 0 Å². The molecule has 2 aliphatic rings. The van der Waals surface area contributed by atoms with Crippen molar-refractivity contribution in [2.75, 3.05) is 16.4 Å². The topological polar surface area (TPSA) is 66.8 Å². The molecule has 0 aliphatic carbocycles. The highest BCUT2D eigenvalue weighted by Crippen LogP contribution is 2.44. The average molecular weight is 488 g/mol. The summed E-state index contributed by atoms with van der Waals surface area (Å²) in [6.07, 6.45) is -10.1. The van der Waals surface area contributed by atoms with Gasteiger partial charge in [0.1, 0.15) is 0 Å². The number of carbonyl (C=O) groups excluding carboxylic acids is 1. The van der Waals surface area contributed by atoms with Crippen molar-refractivity contribution in [1.82, 2.24) is 0 Å². The quantitative estimate of drug-likeness (QED) is 0.592. The first-order valence-electron chi connectivity index (χ1n) is 9.14. The lowest BCUT2D eigenvalue weighted by Gasteiger charge is -2.26. The van der Waals surface area contributed by atoms with Gasteiger partial charge in [-0.2, -0.15) is 31.3 Å². The lowest BCUT2D eigenvalue weighted by Crippen LogP contribution is -2.38. The number of rotatable bonds is 3. The predicted octanol–water partition coefficient (Wildman–Crippen LogP) is 4.37. The molecule has 0 bridgehead atoms. The number of amidine groups is 1. The molecular weight excluding hydrogens is 470 g/mol. The second-order valence-corrected chi connectivity index (χ2v) is 11.2. The maximum Gasteiger partial charge on any atom is 0.416 e. The number of sulfone groups is 1. The smallest absolute Gasteiger partial charge is 0.316 e. The van der Waals surface area contributed by atoms with Gasteiger partial charge >= 0.3 is 12.4 Å². The average Bonchev–Trinajstić information content (AvgIpc) is 3.02. The molecule has 0 saturated carbocycles. The highest BCUT2D eigenvalue weighted by Gasteiger charge is 2.50. The molecule has 2 atom stereocenters. The minimum Gasteiger partial charge on any atom is -0.316 e. The molecule has 0 spiro atoms. The number of anilines is 1. The van der Waals surface area contributed by atoms with Crippen molar-refractivity contribution in [3.05, 3.63) is 29.3 Å². The Morgan fingerprint density at radius 3 is 2.13 bits per heavy atom. The van der Waals surface area contributed by atoms with E-state index in [2.05, 4.69) is 4.99 Å². The zero-order valence-corrected chi connectivity index (χ0v) is 17.9. The largest absolute Gasteiger partial charge is 0.416 e. The molecule has 2 aliphatic heterocycles. The van der Waals surface area contributed by atoms with Gasteiger partial charge in [0.2, 0.25) is 5.91 Å². The number of hydrogen-bond donors (Lipinski definition) is 0. The summed E-state index contributed by atoms with van der Waals surface area (Å²) in [7, 11) is -3.54. The second-order valence-electron chi connectivity index (χ2n) is 7.82. The van der Waals surface area contributed by atoms with Gasteiger partial charge in [-0.1, -0.05) is 25.6 Å². The Kier molecular flexibility index (Phi) is 6.15. The molecule has 2 heterocycles. The first-order chi connectivity index (χ1) is 14.1. The van der Waals surface area contributed by atoms with Gasteiger partial charge in [0, 0.05) is 17.4 Å². The molecule has 0 N–H and O–H groups in total. The molecule has 2 saturated heterocycles. The van der Waals surface area contributed by atoms with Gasteiger partial charge < -0.3 is 4.90 Å². The number of carbonyl (C=O) groups is 1. The fourth-order valence-electron chi connectivity index (χ4n) is 3.45. The third-order valence-electron chi connectivity index (χ3n) is 4.72. The molecule has 13 heteroatoms. The van der Waals surface area contributed by atoms with Crippen molar-refractivity contribution >= 4 is 38.4 Å². The second kappa shape index (κ2) is 7.98. The van der Waals surface area contributed by atoms with Crippen molar-refractivity contribution in [2.45, 2.75) is 43.9 Å². The first-order valence-corrected chi connectivity index (χ1v) is 11.8. The van der Waals surface area contributed by atoms with Gasteiger partial charge in [0.05, 0.1) is 28.7 Å². The van der Waals surface area contributed by atoms with Gasteiger partial charge in [-0.05, 0) is 24.1 Å². The lowest BCUT2D eigenvalue weighted by atomic mass is 10.1. The zero-order valence-electron chi connectivity index (χ0n) is 16.3. The Hall–Kier alpha value is -1.76. The van der Waals surface area contributed by atoms with E-state index in [-0.39, 0.29) is 29.3 Å². The van der Waals surface area contributed by atoms with E-state index in [1.165, 1.54) is 0 Å². The summed E-state index contributed by atoms with van der Waals surface area (Å²) < 4.78 is 104.